The van der Waals surface area contributed by atoms with E-state index in [-0.39, 0.29) is 0 Å². The number of nitrogens with zero attached hydrogens (tertiary/aromatic N) is 2. The third-order valence-electron chi connectivity index (χ3n) is 1.18. The summed E-state index contributed by atoms with van der Waals surface area (Å²) in [5.74, 6) is 0. The molecule has 0 amide bonds. The van der Waals surface area contributed by atoms with Crippen molar-refractivity contribution in [1.82, 2.24) is 4.98 Å². The van der Waals surface area contributed by atoms with E-state index < -0.39 is 0 Å². The van der Waals surface area contributed by atoms with Crippen LogP contribution < -0.4 is 4.40 Å². The van der Waals surface area contributed by atoms with Gasteiger partial charge in [-0.2, -0.15) is 4.40 Å². The van der Waals surface area contributed by atoms with Gasteiger partial charge in [0.1, 0.15) is 6.20 Å². The van der Waals surface area contributed by atoms with E-state index in [1.54, 1.807) is 17.5 Å². The first-order chi connectivity index (χ1) is 4.47. The molecule has 0 aliphatic carbocycles. The van der Waals surface area contributed by atoms with Gasteiger partial charge < -0.3 is 0 Å². The molecule has 2 aromatic heterocycles. The summed E-state index contributed by atoms with van der Waals surface area (Å²) in [6.07, 6.45) is 5.56. The van der Waals surface area contributed by atoms with E-state index >= 15 is 0 Å². The first kappa shape index (κ1) is 4.88. The maximum Gasteiger partial charge on any atom is 0.239 e. The summed E-state index contributed by atoms with van der Waals surface area (Å²) in [4.78, 5) is 3.97. The molecule has 0 N–H and O–H groups in total. The van der Waals surface area contributed by atoms with Crippen molar-refractivity contribution < 1.29 is 4.40 Å². The molecule has 0 bridgehead atoms. The van der Waals surface area contributed by atoms with Gasteiger partial charge in [0.15, 0.2) is 6.20 Å². The van der Waals surface area contributed by atoms with E-state index in [4.69, 9.17) is 0 Å². The zero-order chi connectivity index (χ0) is 6.10. The molecule has 0 aliphatic heterocycles. The Bertz CT molecular complexity index is 285. The summed E-state index contributed by atoms with van der Waals surface area (Å²) in [6.45, 7) is 0. The lowest BCUT2D eigenvalue weighted by atomic mass is 10.6. The van der Waals surface area contributed by atoms with Crippen LogP contribution in [0.15, 0.2) is 29.5 Å². The van der Waals surface area contributed by atoms with E-state index in [1.165, 1.54) is 0 Å². The van der Waals surface area contributed by atoms with Gasteiger partial charge in [0, 0.05) is 0 Å². The Balaban J connectivity index is 2.95. The Morgan fingerprint density at radius 3 is 3.44 bits per heavy atom. The van der Waals surface area contributed by atoms with Gasteiger partial charge in [-0.05, 0) is 0 Å². The van der Waals surface area contributed by atoms with Gasteiger partial charge in [-0.25, -0.2) is 0 Å². The Labute approximate surface area is 56.4 Å². The average Bonchev–Trinajstić information content (AvgIpc) is 2.33. The predicted molar refractivity (Wildman–Crippen MR) is 35.3 cm³/mol. The molecular formula is C6H5N2S+. The summed E-state index contributed by atoms with van der Waals surface area (Å²) in [5, 5.41) is 2.06. The molecule has 9 heavy (non-hydrogen) atoms. The second-order valence-electron chi connectivity index (χ2n) is 1.77. The molecule has 0 fully saturated rings. The Kier molecular flexibility index (Phi) is 0.960. The third kappa shape index (κ3) is 0.695. The molecule has 44 valence electrons. The molecule has 0 spiro atoms. The summed E-state index contributed by atoms with van der Waals surface area (Å²) in [5.41, 5.74) is 3.19. The summed E-state index contributed by atoms with van der Waals surface area (Å²) in [6, 6.07) is 0. The third-order valence-corrected chi connectivity index (χ3v) is 1.91. The van der Waals surface area contributed by atoms with Crippen LogP contribution in [0.2, 0.25) is 0 Å². The van der Waals surface area contributed by atoms with Crippen molar-refractivity contribution in [2.75, 3.05) is 0 Å². The number of rotatable bonds is 0. The van der Waals surface area contributed by atoms with Crippen molar-refractivity contribution in [2.45, 2.75) is 0 Å². The molecule has 3 heteroatoms. The molecule has 2 heterocycles. The van der Waals surface area contributed by atoms with E-state index in [1.807, 2.05) is 22.3 Å². The largest absolute Gasteiger partial charge is 0.251 e. The maximum atomic E-state index is 3.97. The van der Waals surface area contributed by atoms with Crippen LogP contribution in [0.4, 0.5) is 0 Å². The summed E-state index contributed by atoms with van der Waals surface area (Å²) in [7, 11) is 0. The fourth-order valence-corrected chi connectivity index (χ4v) is 1.44. The van der Waals surface area contributed by atoms with Crippen LogP contribution in [0, 0.1) is 0 Å². The fraction of sp³-hybridized carbons (Fsp3) is 0. The van der Waals surface area contributed by atoms with Gasteiger partial charge in [-0.15, -0.1) is 0 Å². The van der Waals surface area contributed by atoms with E-state index in [0.717, 1.165) is 5.52 Å². The van der Waals surface area contributed by atoms with Crippen molar-refractivity contribution in [2.24, 2.45) is 0 Å². The lowest BCUT2D eigenvalue weighted by Gasteiger charge is -1.75. The van der Waals surface area contributed by atoms with E-state index in [0.29, 0.717) is 0 Å². The second kappa shape index (κ2) is 1.77. The fourth-order valence-electron chi connectivity index (χ4n) is 0.735. The van der Waals surface area contributed by atoms with E-state index in [2.05, 4.69) is 10.4 Å². The molecule has 2 nitrogen and oxygen atoms in total. The molecule has 0 saturated carbocycles. The lowest BCUT2D eigenvalue weighted by Crippen LogP contribution is -2.15. The smallest absolute Gasteiger partial charge is 0.239 e. The molecule has 0 radical (unpaired) electrons. The summed E-state index contributed by atoms with van der Waals surface area (Å²) < 4.78 is 2.04. The van der Waals surface area contributed by atoms with Crippen LogP contribution in [-0.4, -0.2) is 4.98 Å². The number of fused-ring (bicyclic) bond motifs is 1. The topological polar surface area (TPSA) is 17.0 Å². The number of hydrogen-bond donors (Lipinski definition) is 0. The Morgan fingerprint density at radius 1 is 1.56 bits per heavy atom. The minimum absolute atomic E-state index is 1.16. The highest BCUT2D eigenvalue weighted by atomic mass is 32.1. The molecule has 0 saturated heterocycles. The van der Waals surface area contributed by atoms with Gasteiger partial charge in [-0.3, -0.25) is 4.98 Å². The molecule has 2 aromatic rings. The van der Waals surface area contributed by atoms with Crippen LogP contribution in [0.3, 0.4) is 0 Å². The zero-order valence-electron chi connectivity index (χ0n) is 4.69. The van der Waals surface area contributed by atoms with Crippen molar-refractivity contribution in [3.05, 3.63) is 29.5 Å². The van der Waals surface area contributed by atoms with Crippen LogP contribution in [0.25, 0.3) is 5.52 Å². The number of hydrogen-bond acceptors (Lipinski definition) is 2. The molecule has 0 aromatic carbocycles. The molecule has 2 rings (SSSR count). The van der Waals surface area contributed by atoms with Crippen LogP contribution in [0.1, 0.15) is 0 Å². The van der Waals surface area contributed by atoms with Crippen molar-refractivity contribution >= 4 is 16.9 Å². The predicted octanol–water partition coefficient (Wildman–Crippen LogP) is 0.882. The van der Waals surface area contributed by atoms with Crippen LogP contribution in [-0.2, 0) is 0 Å². The van der Waals surface area contributed by atoms with Crippen LogP contribution >= 0.6 is 11.3 Å². The first-order valence-electron chi connectivity index (χ1n) is 2.64. The van der Waals surface area contributed by atoms with Gasteiger partial charge in [-0.1, -0.05) is 11.3 Å². The highest BCUT2D eigenvalue weighted by molar-refractivity contribution is 7.07. The van der Waals surface area contributed by atoms with Gasteiger partial charge in [0.25, 0.3) is 0 Å². The lowest BCUT2D eigenvalue weighted by molar-refractivity contribution is -0.506. The van der Waals surface area contributed by atoms with Gasteiger partial charge >= 0.3 is 0 Å². The minimum Gasteiger partial charge on any atom is -0.251 e. The standard InChI is InChI=1S/C6H5N2S/c1-2-8-5-9-4-6(8)3-7-1/h1-5H/q+1. The normalized spacial score (nSPS) is 10.2. The number of aromatic nitrogens is 2. The minimum atomic E-state index is 1.16. The highest BCUT2D eigenvalue weighted by Crippen LogP contribution is 1.97. The van der Waals surface area contributed by atoms with E-state index in [9.17, 15) is 0 Å². The molecule has 0 atom stereocenters. The SMILES string of the molecule is c1c[n+]2cscc2cn1. The number of thiazole rings is 1. The second-order valence-corrected chi connectivity index (χ2v) is 2.49. The van der Waals surface area contributed by atoms with Crippen molar-refractivity contribution in [3.8, 4) is 0 Å². The zero-order valence-corrected chi connectivity index (χ0v) is 5.51. The monoisotopic (exact) mass is 137 g/mol. The molecular weight excluding hydrogens is 132 g/mol. The Morgan fingerprint density at radius 2 is 2.56 bits per heavy atom. The first-order valence-corrected chi connectivity index (χ1v) is 3.58. The average molecular weight is 137 g/mol. The Hall–Kier alpha value is -0.960. The summed E-state index contributed by atoms with van der Waals surface area (Å²) >= 11 is 1.68. The van der Waals surface area contributed by atoms with Gasteiger partial charge in [0.2, 0.25) is 11.0 Å². The van der Waals surface area contributed by atoms with Crippen molar-refractivity contribution in [1.29, 1.82) is 0 Å². The molecule has 0 unspecified atom stereocenters. The van der Waals surface area contributed by atoms with Gasteiger partial charge in [0.05, 0.1) is 11.6 Å². The highest BCUT2D eigenvalue weighted by Gasteiger charge is 1.97. The quantitative estimate of drug-likeness (QED) is 0.493. The maximum absolute atomic E-state index is 3.97. The molecule has 0 aliphatic rings. The van der Waals surface area contributed by atoms with Crippen LogP contribution in [0.5, 0.6) is 0 Å². The van der Waals surface area contributed by atoms with Crippen molar-refractivity contribution in [3.63, 3.8) is 0 Å².